The van der Waals surface area contributed by atoms with E-state index >= 15 is 0 Å². The fraction of sp³-hybridized carbons (Fsp3) is 0.294. The van der Waals surface area contributed by atoms with E-state index in [1.54, 1.807) is 6.07 Å². The second-order valence-corrected chi connectivity index (χ2v) is 5.81. The van der Waals surface area contributed by atoms with Crippen molar-refractivity contribution in [2.24, 2.45) is 5.92 Å². The van der Waals surface area contributed by atoms with E-state index in [9.17, 15) is 5.11 Å². The summed E-state index contributed by atoms with van der Waals surface area (Å²) in [7, 11) is 0. The van der Waals surface area contributed by atoms with Crippen LogP contribution in [0.1, 0.15) is 30.0 Å². The average molecular weight is 288 g/mol. The molecule has 0 amide bonds. The van der Waals surface area contributed by atoms with Crippen LogP contribution in [0.3, 0.4) is 0 Å². The van der Waals surface area contributed by atoms with Gasteiger partial charge in [0.2, 0.25) is 0 Å². The van der Waals surface area contributed by atoms with E-state index < -0.39 is 0 Å². The van der Waals surface area contributed by atoms with Gasteiger partial charge in [0, 0.05) is 23.2 Å². The Kier molecular flexibility index (Phi) is 3.95. The predicted molar refractivity (Wildman–Crippen MR) is 81.9 cm³/mol. The Morgan fingerprint density at radius 1 is 1.10 bits per heavy atom. The summed E-state index contributed by atoms with van der Waals surface area (Å²) in [5.74, 6) is 1.05. The Bertz CT molecular complexity index is 578. The third-order valence-electron chi connectivity index (χ3n) is 3.83. The van der Waals surface area contributed by atoms with Gasteiger partial charge in [0.25, 0.3) is 0 Å². The number of halogens is 1. The lowest BCUT2D eigenvalue weighted by molar-refractivity contribution is 0.445. The van der Waals surface area contributed by atoms with Gasteiger partial charge in [0.15, 0.2) is 0 Å². The first-order valence-corrected chi connectivity index (χ1v) is 7.37. The van der Waals surface area contributed by atoms with Gasteiger partial charge >= 0.3 is 0 Å². The van der Waals surface area contributed by atoms with Gasteiger partial charge in [-0.25, -0.2) is 0 Å². The first-order valence-electron chi connectivity index (χ1n) is 7.00. The molecule has 104 valence electrons. The van der Waals surface area contributed by atoms with Crippen molar-refractivity contribution in [3.05, 3.63) is 64.7 Å². The van der Waals surface area contributed by atoms with Gasteiger partial charge in [-0.1, -0.05) is 41.9 Å². The molecule has 2 aromatic carbocycles. The highest BCUT2D eigenvalue weighted by molar-refractivity contribution is 6.30. The molecule has 1 saturated carbocycles. The topological polar surface area (TPSA) is 32.3 Å². The van der Waals surface area contributed by atoms with E-state index in [2.05, 4.69) is 17.4 Å². The van der Waals surface area contributed by atoms with Gasteiger partial charge in [-0.3, -0.25) is 0 Å². The number of aromatic hydroxyl groups is 1. The number of benzene rings is 2. The van der Waals surface area contributed by atoms with Crippen molar-refractivity contribution in [2.75, 3.05) is 0 Å². The molecule has 0 bridgehead atoms. The molecule has 1 unspecified atom stereocenters. The first-order chi connectivity index (χ1) is 9.74. The van der Waals surface area contributed by atoms with Gasteiger partial charge < -0.3 is 10.4 Å². The van der Waals surface area contributed by atoms with Crippen LogP contribution in [0.2, 0.25) is 5.02 Å². The molecule has 1 atom stereocenters. The van der Waals surface area contributed by atoms with Gasteiger partial charge in [-0.2, -0.15) is 0 Å². The fourth-order valence-electron chi connectivity index (χ4n) is 2.54. The third kappa shape index (κ3) is 3.14. The van der Waals surface area contributed by atoms with E-state index in [1.807, 2.05) is 30.3 Å². The second kappa shape index (κ2) is 5.86. The zero-order chi connectivity index (χ0) is 13.9. The molecule has 1 fully saturated rings. The minimum absolute atomic E-state index is 0.340. The molecule has 1 aliphatic rings. The lowest BCUT2D eigenvalue weighted by Crippen LogP contribution is -2.22. The Morgan fingerprint density at radius 2 is 1.80 bits per heavy atom. The van der Waals surface area contributed by atoms with Crippen LogP contribution in [0, 0.1) is 5.92 Å². The number of hydrogen-bond acceptors (Lipinski definition) is 2. The number of phenolic OH excluding ortho intramolecular Hbond substituents is 1. The molecule has 0 aromatic heterocycles. The van der Waals surface area contributed by atoms with Crippen molar-refractivity contribution >= 4 is 11.6 Å². The average Bonchev–Trinajstić information content (AvgIpc) is 3.27. The van der Waals surface area contributed by atoms with Crippen molar-refractivity contribution in [1.29, 1.82) is 0 Å². The summed E-state index contributed by atoms with van der Waals surface area (Å²) in [6.07, 6.45) is 2.53. The SMILES string of the molecule is Oc1ccccc1CNC(c1ccc(Cl)cc1)C1CC1. The molecule has 0 saturated heterocycles. The molecule has 20 heavy (non-hydrogen) atoms. The minimum atomic E-state index is 0.340. The van der Waals surface area contributed by atoms with Crippen molar-refractivity contribution in [1.82, 2.24) is 5.32 Å². The van der Waals surface area contributed by atoms with Crippen LogP contribution in [0.25, 0.3) is 0 Å². The molecule has 3 rings (SSSR count). The van der Waals surface area contributed by atoms with Gasteiger partial charge in [-0.15, -0.1) is 0 Å². The summed E-state index contributed by atoms with van der Waals surface area (Å²) in [5, 5.41) is 14.2. The normalized spacial score (nSPS) is 16.1. The number of rotatable bonds is 5. The van der Waals surface area contributed by atoms with Crippen LogP contribution < -0.4 is 5.32 Å². The molecule has 3 heteroatoms. The van der Waals surface area contributed by atoms with Crippen LogP contribution in [0.4, 0.5) is 0 Å². The number of hydrogen-bond donors (Lipinski definition) is 2. The summed E-state index contributed by atoms with van der Waals surface area (Å²) in [4.78, 5) is 0. The highest BCUT2D eigenvalue weighted by Crippen LogP contribution is 2.41. The zero-order valence-corrected chi connectivity index (χ0v) is 12.0. The maximum Gasteiger partial charge on any atom is 0.120 e. The van der Waals surface area contributed by atoms with E-state index in [1.165, 1.54) is 18.4 Å². The van der Waals surface area contributed by atoms with Gasteiger partial charge in [0.05, 0.1) is 0 Å². The maximum absolute atomic E-state index is 9.83. The smallest absolute Gasteiger partial charge is 0.120 e. The van der Waals surface area contributed by atoms with Crippen molar-refractivity contribution < 1.29 is 5.11 Å². The lowest BCUT2D eigenvalue weighted by atomic mass is 10.0. The van der Waals surface area contributed by atoms with E-state index in [0.29, 0.717) is 24.3 Å². The molecule has 2 N–H and O–H groups in total. The fourth-order valence-corrected chi connectivity index (χ4v) is 2.66. The number of nitrogens with one attached hydrogen (secondary N) is 1. The van der Waals surface area contributed by atoms with Crippen molar-refractivity contribution in [2.45, 2.75) is 25.4 Å². The largest absolute Gasteiger partial charge is 0.508 e. The summed E-state index contributed by atoms with van der Waals surface area (Å²) >= 11 is 5.95. The van der Waals surface area contributed by atoms with E-state index in [0.717, 1.165) is 10.6 Å². The van der Waals surface area contributed by atoms with Crippen LogP contribution in [-0.4, -0.2) is 5.11 Å². The van der Waals surface area contributed by atoms with E-state index in [-0.39, 0.29) is 0 Å². The van der Waals surface area contributed by atoms with Crippen molar-refractivity contribution in [3.63, 3.8) is 0 Å². The highest BCUT2D eigenvalue weighted by atomic mass is 35.5. The minimum Gasteiger partial charge on any atom is -0.508 e. The molecule has 1 aliphatic carbocycles. The quantitative estimate of drug-likeness (QED) is 0.860. The van der Waals surface area contributed by atoms with Crippen LogP contribution >= 0.6 is 11.6 Å². The first kappa shape index (κ1) is 13.5. The highest BCUT2D eigenvalue weighted by Gasteiger charge is 2.31. The predicted octanol–water partition coefficient (Wildman–Crippen LogP) is 4.29. The molecular weight excluding hydrogens is 270 g/mol. The standard InChI is InChI=1S/C17H18ClNO/c18-15-9-7-13(8-10-15)17(12-5-6-12)19-11-14-3-1-2-4-16(14)20/h1-4,7-10,12,17,19-20H,5-6,11H2. The Hall–Kier alpha value is -1.51. The Morgan fingerprint density at radius 3 is 2.45 bits per heavy atom. The van der Waals surface area contributed by atoms with Crippen LogP contribution in [0.15, 0.2) is 48.5 Å². The molecule has 2 nitrogen and oxygen atoms in total. The monoisotopic (exact) mass is 287 g/mol. The molecule has 0 heterocycles. The maximum atomic E-state index is 9.83. The van der Waals surface area contributed by atoms with Crippen molar-refractivity contribution in [3.8, 4) is 5.75 Å². The second-order valence-electron chi connectivity index (χ2n) is 5.38. The molecule has 2 aromatic rings. The molecule has 0 spiro atoms. The summed E-state index contributed by atoms with van der Waals surface area (Å²) in [5.41, 5.74) is 2.21. The lowest BCUT2D eigenvalue weighted by Gasteiger charge is -2.19. The van der Waals surface area contributed by atoms with Crippen LogP contribution in [-0.2, 0) is 6.54 Å². The van der Waals surface area contributed by atoms with Crippen LogP contribution in [0.5, 0.6) is 5.75 Å². The summed E-state index contributed by atoms with van der Waals surface area (Å²) < 4.78 is 0. The number of phenols is 1. The third-order valence-corrected chi connectivity index (χ3v) is 4.08. The summed E-state index contributed by atoms with van der Waals surface area (Å²) in [6, 6.07) is 15.9. The zero-order valence-electron chi connectivity index (χ0n) is 11.2. The van der Waals surface area contributed by atoms with Gasteiger partial charge in [0.1, 0.15) is 5.75 Å². The Labute approximate surface area is 124 Å². The van der Waals surface area contributed by atoms with E-state index in [4.69, 9.17) is 11.6 Å². The molecule has 0 aliphatic heterocycles. The molecule has 0 radical (unpaired) electrons. The number of para-hydroxylation sites is 1. The van der Waals surface area contributed by atoms with Gasteiger partial charge in [-0.05, 0) is 42.5 Å². The molecular formula is C17H18ClNO. The summed E-state index contributed by atoms with van der Waals surface area (Å²) in [6.45, 7) is 0.677. The Balaban J connectivity index is 1.72.